The summed E-state index contributed by atoms with van der Waals surface area (Å²) in [7, 11) is 0. The zero-order valence-corrected chi connectivity index (χ0v) is 15.6. The van der Waals surface area contributed by atoms with Gasteiger partial charge in [0.2, 0.25) is 5.91 Å². The first-order valence-electron chi connectivity index (χ1n) is 8.91. The van der Waals surface area contributed by atoms with Gasteiger partial charge in [0, 0.05) is 11.3 Å². The van der Waals surface area contributed by atoms with Crippen molar-refractivity contribution in [2.45, 2.75) is 33.2 Å². The van der Waals surface area contributed by atoms with Gasteiger partial charge < -0.3 is 10.1 Å². The molecule has 2 aromatic rings. The maximum absolute atomic E-state index is 12.8. The quantitative estimate of drug-likeness (QED) is 0.825. The molecule has 2 aromatic carbocycles. The lowest BCUT2D eigenvalue weighted by Gasteiger charge is -2.33. The van der Waals surface area contributed by atoms with Crippen LogP contribution in [0.3, 0.4) is 0 Å². The summed E-state index contributed by atoms with van der Waals surface area (Å²) in [4.78, 5) is 38.4. The molecule has 1 aliphatic rings. The molecule has 0 spiro atoms. The maximum atomic E-state index is 12.8. The number of ketones is 1. The highest BCUT2D eigenvalue weighted by Crippen LogP contribution is 2.34. The highest BCUT2D eigenvalue weighted by molar-refractivity contribution is 6.08. The first kappa shape index (κ1) is 18.6. The average Bonchev–Trinajstić information content (AvgIpc) is 2.67. The van der Waals surface area contributed by atoms with E-state index < -0.39 is 6.04 Å². The Morgan fingerprint density at radius 3 is 2.67 bits per heavy atom. The Morgan fingerprint density at radius 2 is 1.96 bits per heavy atom. The van der Waals surface area contributed by atoms with Crippen molar-refractivity contribution in [1.82, 2.24) is 0 Å². The molecule has 27 heavy (non-hydrogen) atoms. The first-order valence-corrected chi connectivity index (χ1v) is 8.91. The minimum Gasteiger partial charge on any atom is -0.482 e. The molecule has 1 aliphatic heterocycles. The van der Waals surface area contributed by atoms with Gasteiger partial charge in [0.05, 0.1) is 5.69 Å². The number of fused-ring (bicyclic) bond motifs is 1. The Balaban J connectivity index is 1.91. The zero-order valence-electron chi connectivity index (χ0n) is 15.6. The minimum absolute atomic E-state index is 0.121. The van der Waals surface area contributed by atoms with Crippen LogP contribution in [0.5, 0.6) is 5.75 Å². The molecule has 0 aromatic heterocycles. The van der Waals surface area contributed by atoms with Crippen LogP contribution in [0.2, 0.25) is 0 Å². The molecule has 1 atom stereocenters. The lowest BCUT2D eigenvalue weighted by molar-refractivity contribution is -0.125. The first-order chi connectivity index (χ1) is 12.9. The third kappa shape index (κ3) is 3.69. The molecule has 6 nitrogen and oxygen atoms in total. The summed E-state index contributed by atoms with van der Waals surface area (Å²) >= 11 is 0. The summed E-state index contributed by atoms with van der Waals surface area (Å²) in [5, 5.41) is 2.91. The monoisotopic (exact) mass is 366 g/mol. The molecule has 0 aliphatic carbocycles. The van der Waals surface area contributed by atoms with Crippen LogP contribution in [0.25, 0.3) is 0 Å². The van der Waals surface area contributed by atoms with Crippen molar-refractivity contribution >= 4 is 29.0 Å². The molecule has 0 bridgehead atoms. The van der Waals surface area contributed by atoms with E-state index >= 15 is 0 Å². The van der Waals surface area contributed by atoms with E-state index in [0.29, 0.717) is 17.0 Å². The molecular formula is C21H22N2O4. The number of ether oxygens (including phenoxy) is 1. The summed E-state index contributed by atoms with van der Waals surface area (Å²) in [6.07, 6.45) is 0.784. The molecule has 3 rings (SSSR count). The number of carbonyl (C=O) groups is 3. The second kappa shape index (κ2) is 7.61. The van der Waals surface area contributed by atoms with Gasteiger partial charge in [0.15, 0.2) is 12.4 Å². The number of benzene rings is 2. The number of amides is 2. The lowest BCUT2D eigenvalue weighted by atomic mass is 10.1. The smallest absolute Gasteiger partial charge is 0.265 e. The second-order valence-electron chi connectivity index (χ2n) is 6.47. The van der Waals surface area contributed by atoms with Crippen molar-refractivity contribution in [3.63, 3.8) is 0 Å². The van der Waals surface area contributed by atoms with Gasteiger partial charge in [0.1, 0.15) is 11.8 Å². The van der Waals surface area contributed by atoms with Gasteiger partial charge in [-0.1, -0.05) is 25.1 Å². The fraction of sp³-hybridized carbons (Fsp3) is 0.286. The second-order valence-corrected chi connectivity index (χ2v) is 6.47. The van der Waals surface area contributed by atoms with Crippen LogP contribution < -0.4 is 15.0 Å². The van der Waals surface area contributed by atoms with Gasteiger partial charge in [-0.2, -0.15) is 0 Å². The molecule has 140 valence electrons. The molecule has 2 amide bonds. The van der Waals surface area contributed by atoms with E-state index in [-0.39, 0.29) is 24.2 Å². The third-order valence-electron chi connectivity index (χ3n) is 4.67. The zero-order chi connectivity index (χ0) is 19.6. The molecule has 1 heterocycles. The molecule has 0 radical (unpaired) electrons. The highest BCUT2D eigenvalue weighted by Gasteiger charge is 2.33. The Hall–Kier alpha value is -3.15. The number of Topliss-reactive ketones (excluding diaryl/α,β-unsaturated/α-hetero) is 1. The number of anilines is 2. The summed E-state index contributed by atoms with van der Waals surface area (Å²) in [5.74, 6) is -0.266. The van der Waals surface area contributed by atoms with Crippen LogP contribution in [0.15, 0.2) is 42.5 Å². The predicted octanol–water partition coefficient (Wildman–Crippen LogP) is 3.20. The van der Waals surface area contributed by atoms with Crippen LogP contribution in [-0.4, -0.2) is 30.2 Å². The Labute approximate surface area is 158 Å². The fourth-order valence-electron chi connectivity index (χ4n) is 3.12. The van der Waals surface area contributed by atoms with E-state index in [1.165, 1.54) is 11.8 Å². The largest absolute Gasteiger partial charge is 0.482 e. The van der Waals surface area contributed by atoms with Crippen molar-refractivity contribution in [2.75, 3.05) is 16.8 Å². The molecule has 1 N–H and O–H groups in total. The number of aryl methyl sites for hydroxylation is 1. The number of hydrogen-bond acceptors (Lipinski definition) is 4. The normalized spacial score (nSPS) is 14.2. The van der Waals surface area contributed by atoms with Gasteiger partial charge in [-0.25, -0.2) is 0 Å². The number of nitrogens with one attached hydrogen (secondary N) is 1. The standard InChI is InChI=1S/C21H22N2O4/c1-4-15-7-5-6-8-17(15)22-21(26)13(2)23-18-11-16(14(3)24)9-10-19(18)27-12-20(23)25/h5-11,13H,4,12H2,1-3H3,(H,22,26). The third-order valence-corrected chi connectivity index (χ3v) is 4.67. The minimum atomic E-state index is -0.757. The van der Waals surface area contributed by atoms with E-state index in [1.54, 1.807) is 25.1 Å². The van der Waals surface area contributed by atoms with Crippen molar-refractivity contribution < 1.29 is 19.1 Å². The molecule has 0 saturated carbocycles. The Morgan fingerprint density at radius 1 is 1.22 bits per heavy atom. The molecule has 1 unspecified atom stereocenters. The number of para-hydroxylation sites is 1. The van der Waals surface area contributed by atoms with Gasteiger partial charge in [-0.15, -0.1) is 0 Å². The molecular weight excluding hydrogens is 344 g/mol. The Bertz CT molecular complexity index is 907. The molecule has 6 heteroatoms. The summed E-state index contributed by atoms with van der Waals surface area (Å²) in [6, 6.07) is 11.7. The van der Waals surface area contributed by atoms with Gasteiger partial charge >= 0.3 is 0 Å². The number of carbonyl (C=O) groups excluding carboxylic acids is 3. The summed E-state index contributed by atoms with van der Waals surface area (Å²) in [5.41, 5.74) is 2.65. The lowest BCUT2D eigenvalue weighted by Crippen LogP contribution is -2.49. The van der Waals surface area contributed by atoms with Crippen molar-refractivity contribution in [3.8, 4) is 5.75 Å². The number of hydrogen-bond donors (Lipinski definition) is 1. The fourth-order valence-corrected chi connectivity index (χ4v) is 3.12. The highest BCUT2D eigenvalue weighted by atomic mass is 16.5. The van der Waals surface area contributed by atoms with Crippen LogP contribution in [0.4, 0.5) is 11.4 Å². The molecule has 0 fully saturated rings. The number of rotatable bonds is 5. The van der Waals surface area contributed by atoms with Crippen LogP contribution in [0.1, 0.15) is 36.7 Å². The summed E-state index contributed by atoms with van der Waals surface area (Å²) < 4.78 is 5.45. The number of nitrogens with zero attached hydrogens (tertiary/aromatic N) is 1. The Kier molecular flexibility index (Phi) is 5.26. The van der Waals surface area contributed by atoms with Crippen molar-refractivity contribution in [3.05, 3.63) is 53.6 Å². The van der Waals surface area contributed by atoms with Crippen LogP contribution >= 0.6 is 0 Å². The van der Waals surface area contributed by atoms with E-state index in [4.69, 9.17) is 4.74 Å². The van der Waals surface area contributed by atoms with Crippen molar-refractivity contribution in [2.24, 2.45) is 0 Å². The summed E-state index contributed by atoms with van der Waals surface area (Å²) in [6.45, 7) is 4.99. The van der Waals surface area contributed by atoms with E-state index in [1.807, 2.05) is 31.2 Å². The van der Waals surface area contributed by atoms with E-state index in [0.717, 1.165) is 17.7 Å². The SMILES string of the molecule is CCc1ccccc1NC(=O)C(C)N1C(=O)COc2ccc(C(C)=O)cc21. The topological polar surface area (TPSA) is 75.7 Å². The van der Waals surface area contributed by atoms with Crippen molar-refractivity contribution in [1.29, 1.82) is 0 Å². The van der Waals surface area contributed by atoms with E-state index in [9.17, 15) is 14.4 Å². The van der Waals surface area contributed by atoms with Gasteiger partial charge in [-0.3, -0.25) is 19.3 Å². The van der Waals surface area contributed by atoms with Gasteiger partial charge in [0.25, 0.3) is 5.91 Å². The van der Waals surface area contributed by atoms with Crippen LogP contribution in [-0.2, 0) is 16.0 Å². The van der Waals surface area contributed by atoms with Gasteiger partial charge in [-0.05, 0) is 50.1 Å². The molecule has 0 saturated heterocycles. The predicted molar refractivity (Wildman–Crippen MR) is 103 cm³/mol. The maximum Gasteiger partial charge on any atom is 0.265 e. The average molecular weight is 366 g/mol. The van der Waals surface area contributed by atoms with E-state index in [2.05, 4.69) is 5.32 Å². The van der Waals surface area contributed by atoms with Crippen LogP contribution in [0, 0.1) is 0 Å².